The van der Waals surface area contributed by atoms with E-state index in [2.05, 4.69) is 48.5 Å². The summed E-state index contributed by atoms with van der Waals surface area (Å²) in [6.45, 7) is 12.8. The number of hydrogen-bond donors (Lipinski definition) is 3. The number of aliphatic imine (C=N–C) groups is 1. The molecule has 1 heterocycles. The van der Waals surface area contributed by atoms with Crippen LogP contribution in [0.5, 0.6) is 0 Å². The first kappa shape index (κ1) is 20.5. The van der Waals surface area contributed by atoms with Gasteiger partial charge in [0.15, 0.2) is 11.7 Å². The molecule has 6 nitrogen and oxygen atoms in total. The zero-order chi connectivity index (χ0) is 18.0. The fourth-order valence-corrected chi connectivity index (χ4v) is 2.62. The number of nitrogens with one attached hydrogen (secondary N) is 2. The van der Waals surface area contributed by atoms with Crippen molar-refractivity contribution in [2.45, 2.75) is 66.3 Å². The van der Waals surface area contributed by atoms with Crippen LogP contribution < -0.4 is 10.6 Å². The summed E-state index contributed by atoms with van der Waals surface area (Å²) in [4.78, 5) is 4.59. The number of rotatable bonds is 10. The fraction of sp³-hybridized carbons (Fsp3) is 0.778. The van der Waals surface area contributed by atoms with Crippen molar-refractivity contribution in [3.8, 4) is 0 Å². The van der Waals surface area contributed by atoms with Crippen LogP contribution in [0.25, 0.3) is 0 Å². The van der Waals surface area contributed by atoms with Gasteiger partial charge in [0, 0.05) is 25.8 Å². The normalized spacial score (nSPS) is 12.7. The van der Waals surface area contributed by atoms with E-state index in [4.69, 9.17) is 4.52 Å². The molecule has 1 aromatic heterocycles. The molecule has 0 saturated heterocycles. The van der Waals surface area contributed by atoms with E-state index in [0.29, 0.717) is 12.5 Å². The van der Waals surface area contributed by atoms with Crippen molar-refractivity contribution in [3.63, 3.8) is 0 Å². The molecule has 0 atom stereocenters. The van der Waals surface area contributed by atoms with Gasteiger partial charge in [0.05, 0.1) is 5.69 Å². The molecule has 0 aliphatic rings. The Bertz CT molecular complexity index is 493. The van der Waals surface area contributed by atoms with Crippen molar-refractivity contribution in [3.05, 3.63) is 17.5 Å². The predicted molar refractivity (Wildman–Crippen MR) is 98.1 cm³/mol. The van der Waals surface area contributed by atoms with Gasteiger partial charge in [-0.3, -0.25) is 0 Å². The van der Waals surface area contributed by atoms with E-state index in [-0.39, 0.29) is 12.0 Å². The molecular weight excluding hydrogens is 304 g/mol. The second-order valence-electron chi connectivity index (χ2n) is 6.60. The highest BCUT2D eigenvalue weighted by atomic mass is 16.5. The number of nitrogens with zero attached hydrogens (tertiary/aromatic N) is 2. The van der Waals surface area contributed by atoms with Gasteiger partial charge in [-0.15, -0.1) is 0 Å². The Morgan fingerprint density at radius 1 is 1.29 bits per heavy atom. The Hall–Kier alpha value is -1.56. The van der Waals surface area contributed by atoms with E-state index < -0.39 is 0 Å². The third-order valence-electron chi connectivity index (χ3n) is 4.68. The number of hydrogen-bond acceptors (Lipinski definition) is 4. The molecule has 0 fully saturated rings. The van der Waals surface area contributed by atoms with Gasteiger partial charge >= 0.3 is 0 Å². The van der Waals surface area contributed by atoms with Crippen LogP contribution in [0.3, 0.4) is 0 Å². The number of aliphatic hydroxyl groups is 1. The highest BCUT2D eigenvalue weighted by molar-refractivity contribution is 5.79. The number of aliphatic hydroxyl groups excluding tert-OH is 1. The molecule has 24 heavy (non-hydrogen) atoms. The Labute approximate surface area is 146 Å². The standard InChI is InChI=1S/C18H34N4O2/c1-6-18(7-2,9-10-23)13-21-17(19-8-3)20-12-15-11-16(14(4)5)22-24-15/h11,14,23H,6-10,12-13H2,1-5H3,(H2,19,20,21). The number of aromatic nitrogens is 1. The van der Waals surface area contributed by atoms with E-state index in [1.807, 2.05) is 13.0 Å². The maximum atomic E-state index is 9.34. The van der Waals surface area contributed by atoms with Crippen LogP contribution in [0.15, 0.2) is 15.6 Å². The molecule has 0 bridgehead atoms. The topological polar surface area (TPSA) is 82.7 Å². The van der Waals surface area contributed by atoms with Crippen molar-refractivity contribution < 1.29 is 9.63 Å². The van der Waals surface area contributed by atoms with E-state index in [9.17, 15) is 5.11 Å². The van der Waals surface area contributed by atoms with Crippen molar-refractivity contribution >= 4 is 5.96 Å². The lowest BCUT2D eigenvalue weighted by Crippen LogP contribution is -2.43. The molecule has 1 rings (SSSR count). The monoisotopic (exact) mass is 338 g/mol. The molecule has 0 aliphatic carbocycles. The maximum Gasteiger partial charge on any atom is 0.191 e. The van der Waals surface area contributed by atoms with E-state index >= 15 is 0 Å². The molecular formula is C18H34N4O2. The zero-order valence-electron chi connectivity index (χ0n) is 15.9. The van der Waals surface area contributed by atoms with Gasteiger partial charge in [-0.2, -0.15) is 0 Å². The molecule has 1 aromatic rings. The van der Waals surface area contributed by atoms with Gasteiger partial charge in [-0.1, -0.05) is 32.9 Å². The summed E-state index contributed by atoms with van der Waals surface area (Å²) in [5, 5.41) is 20.1. The van der Waals surface area contributed by atoms with Crippen LogP contribution in [0.2, 0.25) is 0 Å². The molecule has 0 aromatic carbocycles. The molecule has 0 aliphatic heterocycles. The summed E-state index contributed by atoms with van der Waals surface area (Å²) in [6, 6.07) is 1.96. The Balaban J connectivity index is 2.70. The van der Waals surface area contributed by atoms with Gasteiger partial charge in [0.25, 0.3) is 0 Å². The van der Waals surface area contributed by atoms with Crippen LogP contribution in [-0.2, 0) is 6.54 Å². The molecule has 0 unspecified atom stereocenters. The van der Waals surface area contributed by atoms with E-state index in [0.717, 1.165) is 49.8 Å². The minimum absolute atomic E-state index is 0.0992. The first-order valence-corrected chi connectivity index (χ1v) is 9.08. The Morgan fingerprint density at radius 3 is 2.50 bits per heavy atom. The van der Waals surface area contributed by atoms with Crippen LogP contribution in [0, 0.1) is 5.41 Å². The third kappa shape index (κ3) is 6.15. The Kier molecular flexibility index (Phi) is 8.82. The average Bonchev–Trinajstić information content (AvgIpc) is 3.05. The summed E-state index contributed by atoms with van der Waals surface area (Å²) in [5.41, 5.74) is 1.05. The van der Waals surface area contributed by atoms with Crippen molar-refractivity contribution in [1.82, 2.24) is 15.8 Å². The van der Waals surface area contributed by atoms with Gasteiger partial charge in [0.2, 0.25) is 0 Å². The Morgan fingerprint density at radius 2 is 2.00 bits per heavy atom. The average molecular weight is 338 g/mol. The van der Waals surface area contributed by atoms with Crippen LogP contribution >= 0.6 is 0 Å². The van der Waals surface area contributed by atoms with Crippen LogP contribution in [-0.4, -0.2) is 35.9 Å². The maximum absolute atomic E-state index is 9.34. The second kappa shape index (κ2) is 10.3. The van der Waals surface area contributed by atoms with E-state index in [1.54, 1.807) is 0 Å². The van der Waals surface area contributed by atoms with Gasteiger partial charge in [-0.05, 0) is 37.5 Å². The quantitative estimate of drug-likeness (QED) is 0.451. The molecule has 3 N–H and O–H groups in total. The smallest absolute Gasteiger partial charge is 0.191 e. The van der Waals surface area contributed by atoms with E-state index in [1.165, 1.54) is 0 Å². The lowest BCUT2D eigenvalue weighted by atomic mass is 9.79. The fourth-order valence-electron chi connectivity index (χ4n) is 2.62. The second-order valence-corrected chi connectivity index (χ2v) is 6.60. The molecule has 138 valence electrons. The number of guanidine groups is 1. The first-order chi connectivity index (χ1) is 11.5. The lowest BCUT2D eigenvalue weighted by molar-refractivity contribution is 0.169. The molecule has 0 saturated carbocycles. The van der Waals surface area contributed by atoms with Gasteiger partial charge in [-0.25, -0.2) is 4.99 Å². The summed E-state index contributed by atoms with van der Waals surface area (Å²) in [7, 11) is 0. The summed E-state index contributed by atoms with van der Waals surface area (Å²) in [5.74, 6) is 1.89. The highest BCUT2D eigenvalue weighted by Gasteiger charge is 2.25. The largest absolute Gasteiger partial charge is 0.396 e. The van der Waals surface area contributed by atoms with Gasteiger partial charge in [0.1, 0.15) is 6.54 Å². The molecule has 0 spiro atoms. The highest BCUT2D eigenvalue weighted by Crippen LogP contribution is 2.29. The zero-order valence-corrected chi connectivity index (χ0v) is 15.9. The summed E-state index contributed by atoms with van der Waals surface area (Å²) < 4.78 is 5.34. The summed E-state index contributed by atoms with van der Waals surface area (Å²) in [6.07, 6.45) is 2.85. The minimum Gasteiger partial charge on any atom is -0.396 e. The molecule has 6 heteroatoms. The lowest BCUT2D eigenvalue weighted by Gasteiger charge is -2.32. The molecule has 0 radical (unpaired) electrons. The SMILES string of the molecule is CCNC(=NCc1cc(C(C)C)no1)NCC(CC)(CC)CCO. The van der Waals surface area contributed by atoms with Crippen LogP contribution in [0.1, 0.15) is 71.3 Å². The van der Waals surface area contributed by atoms with Crippen molar-refractivity contribution in [2.75, 3.05) is 19.7 Å². The van der Waals surface area contributed by atoms with Crippen molar-refractivity contribution in [2.24, 2.45) is 10.4 Å². The minimum atomic E-state index is 0.0992. The summed E-state index contributed by atoms with van der Waals surface area (Å²) >= 11 is 0. The predicted octanol–water partition coefficient (Wildman–Crippen LogP) is 3.04. The third-order valence-corrected chi connectivity index (χ3v) is 4.68. The first-order valence-electron chi connectivity index (χ1n) is 9.08. The van der Waals surface area contributed by atoms with Crippen molar-refractivity contribution in [1.29, 1.82) is 0 Å². The molecule has 0 amide bonds. The van der Waals surface area contributed by atoms with Gasteiger partial charge < -0.3 is 20.3 Å². The van der Waals surface area contributed by atoms with Crippen LogP contribution in [0.4, 0.5) is 0 Å².